The molecule has 0 atom stereocenters. The van der Waals surface area contributed by atoms with Crippen molar-refractivity contribution in [3.8, 4) is 5.75 Å². The zero-order valence-corrected chi connectivity index (χ0v) is 17.7. The topological polar surface area (TPSA) is 64.1 Å². The van der Waals surface area contributed by atoms with Gasteiger partial charge in [0, 0.05) is 45.9 Å². The van der Waals surface area contributed by atoms with E-state index in [0.717, 1.165) is 50.9 Å². The Balaban J connectivity index is 0.00000312. The van der Waals surface area contributed by atoms with E-state index in [1.54, 1.807) is 21.3 Å². The van der Waals surface area contributed by atoms with Crippen LogP contribution in [0, 0.1) is 0 Å². The first kappa shape index (κ1) is 22.0. The highest BCUT2D eigenvalue weighted by Gasteiger charge is 2.34. The molecular weight excluding hydrogens is 433 g/mol. The number of aliphatic imine (C=N–C) groups is 1. The molecule has 0 amide bonds. The van der Waals surface area contributed by atoms with E-state index >= 15 is 0 Å². The Bertz CT molecular complexity index is 517. The first-order chi connectivity index (χ1) is 11.7. The third-order valence-electron chi connectivity index (χ3n) is 4.57. The van der Waals surface area contributed by atoms with Crippen LogP contribution in [0.3, 0.4) is 0 Å². The Morgan fingerprint density at radius 1 is 1.16 bits per heavy atom. The summed E-state index contributed by atoms with van der Waals surface area (Å²) in [6.45, 7) is 3.76. The molecule has 0 unspecified atom stereocenters. The molecule has 1 aromatic rings. The van der Waals surface area contributed by atoms with Crippen LogP contribution < -0.4 is 15.4 Å². The largest absolute Gasteiger partial charge is 0.497 e. The second-order valence-corrected chi connectivity index (χ2v) is 5.97. The Morgan fingerprint density at radius 2 is 1.84 bits per heavy atom. The molecule has 2 rings (SSSR count). The summed E-state index contributed by atoms with van der Waals surface area (Å²) in [5, 5.41) is 6.72. The molecule has 7 heteroatoms. The van der Waals surface area contributed by atoms with Gasteiger partial charge in [-0.3, -0.25) is 4.99 Å². The number of ether oxygens (including phenoxy) is 3. The molecule has 1 aromatic carbocycles. The first-order valence-electron chi connectivity index (χ1n) is 8.40. The van der Waals surface area contributed by atoms with Gasteiger partial charge in [-0.25, -0.2) is 0 Å². The number of hydrogen-bond donors (Lipinski definition) is 2. The molecule has 0 bridgehead atoms. The maximum Gasteiger partial charge on any atom is 0.191 e. The third kappa shape index (κ3) is 6.31. The highest BCUT2D eigenvalue weighted by Crippen LogP contribution is 2.35. The van der Waals surface area contributed by atoms with Crippen molar-refractivity contribution in [3.05, 3.63) is 29.8 Å². The molecule has 0 radical (unpaired) electrons. The van der Waals surface area contributed by atoms with Gasteiger partial charge in [-0.2, -0.15) is 0 Å². The summed E-state index contributed by atoms with van der Waals surface area (Å²) in [4.78, 5) is 4.28. The van der Waals surface area contributed by atoms with Crippen LogP contribution in [0.1, 0.15) is 18.4 Å². The molecule has 1 aliphatic heterocycles. The highest BCUT2D eigenvalue weighted by atomic mass is 127. The Labute approximate surface area is 167 Å². The Hall–Kier alpha value is -1.06. The second-order valence-electron chi connectivity index (χ2n) is 5.97. The lowest BCUT2D eigenvalue weighted by molar-refractivity contribution is 0.0513. The van der Waals surface area contributed by atoms with E-state index in [-0.39, 0.29) is 29.4 Å². The number of guanidine groups is 1. The van der Waals surface area contributed by atoms with Crippen molar-refractivity contribution < 1.29 is 14.2 Å². The average molecular weight is 463 g/mol. The predicted molar refractivity (Wildman–Crippen MR) is 111 cm³/mol. The van der Waals surface area contributed by atoms with Crippen molar-refractivity contribution in [2.45, 2.75) is 18.3 Å². The maximum atomic E-state index is 5.59. The van der Waals surface area contributed by atoms with E-state index in [4.69, 9.17) is 14.2 Å². The number of halogens is 1. The fourth-order valence-corrected chi connectivity index (χ4v) is 3.02. The predicted octanol–water partition coefficient (Wildman–Crippen LogP) is 2.17. The van der Waals surface area contributed by atoms with Crippen LogP contribution >= 0.6 is 24.0 Å². The SMILES string of the molecule is CN=C(NCCOC)NCC1(c2ccc(OC)cc2)CCOCC1.I. The molecule has 1 saturated heterocycles. The summed E-state index contributed by atoms with van der Waals surface area (Å²) in [6, 6.07) is 8.37. The minimum absolute atomic E-state index is 0. The standard InChI is InChI=1S/C18H29N3O3.HI/c1-19-17(20-10-13-22-2)21-14-18(8-11-24-12-9-18)15-4-6-16(23-3)7-5-15;/h4-7H,8-14H2,1-3H3,(H2,19,20,21);1H. The van der Waals surface area contributed by atoms with Gasteiger partial charge in [0.05, 0.1) is 13.7 Å². The van der Waals surface area contributed by atoms with Gasteiger partial charge >= 0.3 is 0 Å². The number of nitrogens with one attached hydrogen (secondary N) is 2. The van der Waals surface area contributed by atoms with Gasteiger partial charge < -0.3 is 24.8 Å². The molecule has 0 aromatic heterocycles. The van der Waals surface area contributed by atoms with Gasteiger partial charge in [0.25, 0.3) is 0 Å². The number of methoxy groups -OCH3 is 2. The quantitative estimate of drug-likeness (QED) is 0.281. The monoisotopic (exact) mass is 463 g/mol. The third-order valence-corrected chi connectivity index (χ3v) is 4.57. The van der Waals surface area contributed by atoms with Crippen molar-refractivity contribution >= 4 is 29.9 Å². The molecule has 25 heavy (non-hydrogen) atoms. The first-order valence-corrected chi connectivity index (χ1v) is 8.40. The number of nitrogens with zero attached hydrogens (tertiary/aromatic N) is 1. The normalized spacial score (nSPS) is 16.7. The summed E-state index contributed by atoms with van der Waals surface area (Å²) in [7, 11) is 5.17. The van der Waals surface area contributed by atoms with Gasteiger partial charge in [0.2, 0.25) is 0 Å². The number of rotatable bonds is 7. The van der Waals surface area contributed by atoms with Crippen molar-refractivity contribution in [2.24, 2.45) is 4.99 Å². The summed E-state index contributed by atoms with van der Waals surface area (Å²) in [5.74, 6) is 1.68. The molecule has 0 saturated carbocycles. The maximum absolute atomic E-state index is 5.59. The minimum atomic E-state index is 0. The lowest BCUT2D eigenvalue weighted by Gasteiger charge is -2.38. The van der Waals surface area contributed by atoms with Gasteiger partial charge in [-0.15, -0.1) is 24.0 Å². The molecule has 6 nitrogen and oxygen atoms in total. The Morgan fingerprint density at radius 3 is 2.40 bits per heavy atom. The van der Waals surface area contributed by atoms with Crippen LogP contribution in [0.2, 0.25) is 0 Å². The molecule has 1 fully saturated rings. The molecular formula is C18H30IN3O3. The van der Waals surface area contributed by atoms with Crippen molar-refractivity contribution in [1.29, 1.82) is 0 Å². The van der Waals surface area contributed by atoms with E-state index in [2.05, 4.69) is 27.8 Å². The molecule has 142 valence electrons. The van der Waals surface area contributed by atoms with Gasteiger partial charge in [-0.05, 0) is 30.5 Å². The second kappa shape index (κ2) is 11.5. The van der Waals surface area contributed by atoms with Crippen LogP contribution in [-0.4, -0.2) is 60.1 Å². The lowest BCUT2D eigenvalue weighted by Crippen LogP contribution is -2.48. The fraction of sp³-hybridized carbons (Fsp3) is 0.611. The van der Waals surface area contributed by atoms with Crippen LogP contribution in [0.15, 0.2) is 29.3 Å². The van der Waals surface area contributed by atoms with Gasteiger partial charge in [-0.1, -0.05) is 12.1 Å². The van der Waals surface area contributed by atoms with Crippen LogP contribution in [-0.2, 0) is 14.9 Å². The average Bonchev–Trinajstić information content (AvgIpc) is 2.65. The lowest BCUT2D eigenvalue weighted by atomic mass is 9.74. The summed E-state index contributed by atoms with van der Waals surface area (Å²) in [5.41, 5.74) is 1.36. The zero-order chi connectivity index (χ0) is 17.3. The van der Waals surface area contributed by atoms with Gasteiger partial charge in [0.15, 0.2) is 5.96 Å². The fourth-order valence-electron chi connectivity index (χ4n) is 3.02. The molecule has 0 spiro atoms. The molecule has 1 aliphatic rings. The summed E-state index contributed by atoms with van der Waals surface area (Å²) in [6.07, 6.45) is 1.97. The summed E-state index contributed by atoms with van der Waals surface area (Å²) < 4.78 is 15.9. The van der Waals surface area contributed by atoms with E-state index in [1.807, 2.05) is 12.1 Å². The van der Waals surface area contributed by atoms with E-state index in [9.17, 15) is 0 Å². The van der Waals surface area contributed by atoms with E-state index in [0.29, 0.717) is 6.61 Å². The summed E-state index contributed by atoms with van der Waals surface area (Å²) >= 11 is 0. The smallest absolute Gasteiger partial charge is 0.191 e. The number of benzene rings is 1. The van der Waals surface area contributed by atoms with Crippen molar-refractivity contribution in [1.82, 2.24) is 10.6 Å². The molecule has 2 N–H and O–H groups in total. The molecule has 0 aliphatic carbocycles. The van der Waals surface area contributed by atoms with Crippen LogP contribution in [0.5, 0.6) is 5.75 Å². The zero-order valence-electron chi connectivity index (χ0n) is 15.3. The highest BCUT2D eigenvalue weighted by molar-refractivity contribution is 14.0. The van der Waals surface area contributed by atoms with Crippen LogP contribution in [0.25, 0.3) is 0 Å². The van der Waals surface area contributed by atoms with E-state index < -0.39 is 0 Å². The van der Waals surface area contributed by atoms with E-state index in [1.165, 1.54) is 5.56 Å². The number of hydrogen-bond acceptors (Lipinski definition) is 4. The van der Waals surface area contributed by atoms with Crippen molar-refractivity contribution in [3.63, 3.8) is 0 Å². The van der Waals surface area contributed by atoms with Crippen molar-refractivity contribution in [2.75, 3.05) is 54.2 Å². The van der Waals surface area contributed by atoms with Gasteiger partial charge in [0.1, 0.15) is 5.75 Å². The molecule has 1 heterocycles. The Kier molecular flexibility index (Phi) is 10.1. The van der Waals surface area contributed by atoms with Crippen LogP contribution in [0.4, 0.5) is 0 Å². The minimum Gasteiger partial charge on any atom is -0.497 e.